The number of amides is 1. The molecule has 3 aromatic heterocycles. The predicted octanol–water partition coefficient (Wildman–Crippen LogP) is -0.603. The van der Waals surface area contributed by atoms with E-state index in [2.05, 4.69) is 42.4 Å². The van der Waals surface area contributed by atoms with Crippen LogP contribution < -0.4 is 10.6 Å². The van der Waals surface area contributed by atoms with Gasteiger partial charge in [0, 0.05) is 31.8 Å². The van der Waals surface area contributed by atoms with Crippen molar-refractivity contribution in [2.75, 3.05) is 19.4 Å². The number of aliphatic hydroxyl groups is 2. The van der Waals surface area contributed by atoms with E-state index in [1.807, 2.05) is 0 Å². The average molecular weight is 435 g/mol. The normalized spacial score (nSPS) is 28.0. The van der Waals surface area contributed by atoms with E-state index in [-0.39, 0.29) is 23.4 Å². The molecule has 1 amide bonds. The van der Waals surface area contributed by atoms with Gasteiger partial charge in [0.25, 0.3) is 0 Å². The van der Waals surface area contributed by atoms with E-state index in [4.69, 9.17) is 0 Å². The van der Waals surface area contributed by atoms with Crippen molar-refractivity contribution in [3.8, 4) is 17.6 Å². The Kier molecular flexibility index (Phi) is 4.51. The lowest BCUT2D eigenvalue weighted by Crippen LogP contribution is -2.41. The van der Waals surface area contributed by atoms with Crippen LogP contribution in [0.3, 0.4) is 0 Å². The summed E-state index contributed by atoms with van der Waals surface area (Å²) in [4.78, 5) is 29.6. The average Bonchev–Trinajstić information content (AvgIpc) is 3.33. The number of aliphatic hydroxyl groups excluding tert-OH is 2. The van der Waals surface area contributed by atoms with Crippen LogP contribution in [0.1, 0.15) is 23.9 Å². The maximum Gasteiger partial charge on any atom is 0.229 e. The van der Waals surface area contributed by atoms with Crippen LogP contribution in [0.25, 0.3) is 11.2 Å². The fourth-order valence-electron chi connectivity index (χ4n) is 4.78. The van der Waals surface area contributed by atoms with Crippen LogP contribution in [0.15, 0.2) is 24.8 Å². The molecule has 5 atom stereocenters. The molecule has 11 heteroatoms. The number of aromatic hydroxyl groups is 1. The smallest absolute Gasteiger partial charge is 0.229 e. The lowest BCUT2D eigenvalue weighted by Gasteiger charge is -2.23. The summed E-state index contributed by atoms with van der Waals surface area (Å²) in [7, 11) is 3.22. The molecule has 0 spiro atoms. The molecule has 0 aliphatic heterocycles. The van der Waals surface area contributed by atoms with E-state index >= 15 is 0 Å². The Balaban J connectivity index is 1.58. The van der Waals surface area contributed by atoms with Crippen LogP contribution in [0, 0.1) is 23.2 Å². The van der Waals surface area contributed by atoms with Crippen molar-refractivity contribution < 1.29 is 20.1 Å². The third-order valence-corrected chi connectivity index (χ3v) is 6.34. The Labute approximate surface area is 182 Å². The highest BCUT2D eigenvalue weighted by Crippen LogP contribution is 2.67. The van der Waals surface area contributed by atoms with Gasteiger partial charge in [0.05, 0.1) is 30.1 Å². The van der Waals surface area contributed by atoms with Crippen molar-refractivity contribution in [1.29, 1.82) is 0 Å². The van der Waals surface area contributed by atoms with Crippen LogP contribution in [-0.2, 0) is 4.79 Å². The molecule has 2 saturated carbocycles. The fraction of sp³-hybridized carbons (Fsp3) is 0.381. The second-order valence-electron chi connectivity index (χ2n) is 8.01. The molecule has 2 aliphatic carbocycles. The van der Waals surface area contributed by atoms with Gasteiger partial charge in [-0.2, -0.15) is 0 Å². The lowest BCUT2D eigenvalue weighted by atomic mass is 9.98. The van der Waals surface area contributed by atoms with Gasteiger partial charge in [-0.05, 0) is 18.4 Å². The minimum absolute atomic E-state index is 0.0000255. The summed E-state index contributed by atoms with van der Waals surface area (Å²) in [6, 6.07) is 0.909. The zero-order valence-corrected chi connectivity index (χ0v) is 17.3. The summed E-state index contributed by atoms with van der Waals surface area (Å²) in [6.07, 6.45) is 2.49. The van der Waals surface area contributed by atoms with Crippen LogP contribution in [0.5, 0.6) is 5.75 Å². The minimum atomic E-state index is -1.18. The molecule has 0 unspecified atom stereocenters. The van der Waals surface area contributed by atoms with E-state index < -0.39 is 23.7 Å². The topological polar surface area (TPSA) is 158 Å². The highest BCUT2D eigenvalue weighted by molar-refractivity contribution is 5.88. The second-order valence-corrected chi connectivity index (χ2v) is 8.01. The largest absolute Gasteiger partial charge is 0.506 e. The number of nitrogens with zero attached hydrogens (tertiary/aromatic N) is 5. The van der Waals surface area contributed by atoms with Crippen LogP contribution >= 0.6 is 0 Å². The molecule has 0 radical (unpaired) electrons. The third kappa shape index (κ3) is 2.80. The van der Waals surface area contributed by atoms with Gasteiger partial charge in [-0.3, -0.25) is 9.78 Å². The molecule has 11 nitrogen and oxygen atoms in total. The van der Waals surface area contributed by atoms with E-state index in [0.29, 0.717) is 29.0 Å². The van der Waals surface area contributed by atoms with Gasteiger partial charge in [0.2, 0.25) is 11.7 Å². The monoisotopic (exact) mass is 435 g/mol. The minimum Gasteiger partial charge on any atom is -0.506 e. The quantitative estimate of drug-likeness (QED) is 0.339. The summed E-state index contributed by atoms with van der Waals surface area (Å²) >= 11 is 0. The lowest BCUT2D eigenvalue weighted by molar-refractivity contribution is -0.132. The van der Waals surface area contributed by atoms with E-state index in [1.54, 1.807) is 11.6 Å². The first-order chi connectivity index (χ1) is 15.4. The molecule has 0 bridgehead atoms. The molecule has 5 rings (SSSR count). The highest BCUT2D eigenvalue weighted by atomic mass is 16.3. The van der Waals surface area contributed by atoms with Crippen LogP contribution in [0.4, 0.5) is 5.82 Å². The van der Waals surface area contributed by atoms with Crippen molar-refractivity contribution in [3.05, 3.63) is 36.2 Å². The van der Waals surface area contributed by atoms with Crippen molar-refractivity contribution >= 4 is 22.9 Å². The zero-order valence-electron chi connectivity index (χ0n) is 17.3. The molecule has 0 aromatic carbocycles. The fourth-order valence-corrected chi connectivity index (χ4v) is 4.78. The van der Waals surface area contributed by atoms with Gasteiger partial charge in [-0.15, -0.1) is 0 Å². The summed E-state index contributed by atoms with van der Waals surface area (Å²) in [6.45, 7) is 0. The number of nitrogens with one attached hydrogen (secondary N) is 2. The first kappa shape index (κ1) is 20.2. The number of aromatic nitrogens is 5. The van der Waals surface area contributed by atoms with Gasteiger partial charge in [0.1, 0.15) is 11.9 Å². The highest BCUT2D eigenvalue weighted by Gasteiger charge is 2.75. The number of imidazole rings is 1. The first-order valence-electron chi connectivity index (χ1n) is 10.1. The van der Waals surface area contributed by atoms with Crippen molar-refractivity contribution in [2.45, 2.75) is 24.7 Å². The number of fused-ring (bicyclic) bond motifs is 2. The maximum atomic E-state index is 12.4. The molecular formula is C21H21N7O4. The molecule has 164 valence electrons. The standard InChI is InChI=1S/C21H21N7O4/c1-22-18-14-19(27-13(26-18)4-3-10-5-11(29)8-24-7-10)28(9-25-14)15-12-6-21(12,20(32)23-2)17(31)16(15)30/h5,7-9,12,15-17,29-31H,6H2,1-2H3,(H,23,32)(H,22,26,27)/t12-,15-,16+,17+,21+/m1/s1. The summed E-state index contributed by atoms with van der Waals surface area (Å²) < 4.78 is 1.69. The Morgan fingerprint density at radius 3 is 2.78 bits per heavy atom. The Hall–Kier alpha value is -3.75. The molecule has 2 aliphatic rings. The zero-order chi connectivity index (χ0) is 22.6. The summed E-state index contributed by atoms with van der Waals surface area (Å²) in [5.41, 5.74) is 0.408. The SMILES string of the molecule is CNC(=O)[C@@]12C[C@@H]1[C@@H](n1cnc3c(NC)nc(C#Cc4cncc(O)c4)nc31)[C@H](O)[C@@H]2O. The number of rotatable bonds is 3. The summed E-state index contributed by atoms with van der Waals surface area (Å²) in [5.74, 6) is 5.85. The summed E-state index contributed by atoms with van der Waals surface area (Å²) in [5, 5.41) is 36.6. The first-order valence-corrected chi connectivity index (χ1v) is 10.1. The van der Waals surface area contributed by atoms with Crippen LogP contribution in [-0.4, -0.2) is 72.0 Å². The van der Waals surface area contributed by atoms with E-state index in [9.17, 15) is 20.1 Å². The number of pyridine rings is 1. The van der Waals surface area contributed by atoms with Crippen molar-refractivity contribution in [3.63, 3.8) is 0 Å². The second kappa shape index (κ2) is 7.15. The molecule has 2 fully saturated rings. The number of hydrogen-bond donors (Lipinski definition) is 5. The van der Waals surface area contributed by atoms with E-state index in [1.165, 1.54) is 31.8 Å². The maximum absolute atomic E-state index is 12.4. The number of anilines is 1. The van der Waals surface area contributed by atoms with Gasteiger partial charge in [0.15, 0.2) is 17.0 Å². The van der Waals surface area contributed by atoms with Gasteiger partial charge in [-0.1, -0.05) is 5.92 Å². The van der Waals surface area contributed by atoms with Gasteiger partial charge >= 0.3 is 0 Å². The molecule has 3 heterocycles. The Morgan fingerprint density at radius 2 is 2.06 bits per heavy atom. The van der Waals surface area contributed by atoms with Gasteiger partial charge < -0.3 is 30.5 Å². The number of hydrogen-bond acceptors (Lipinski definition) is 9. The van der Waals surface area contributed by atoms with Crippen molar-refractivity contribution in [1.82, 2.24) is 29.8 Å². The molecule has 5 N–H and O–H groups in total. The van der Waals surface area contributed by atoms with Crippen LogP contribution in [0.2, 0.25) is 0 Å². The van der Waals surface area contributed by atoms with E-state index in [0.717, 1.165) is 0 Å². The van der Waals surface area contributed by atoms with Crippen molar-refractivity contribution in [2.24, 2.45) is 11.3 Å². The number of carbonyl (C=O) groups is 1. The molecular weight excluding hydrogens is 414 g/mol. The Morgan fingerprint density at radius 1 is 1.25 bits per heavy atom. The van der Waals surface area contributed by atoms with Gasteiger partial charge in [-0.25, -0.2) is 15.0 Å². The predicted molar refractivity (Wildman–Crippen MR) is 112 cm³/mol. The third-order valence-electron chi connectivity index (χ3n) is 6.34. The Bertz CT molecular complexity index is 1300. The molecule has 0 saturated heterocycles. The molecule has 3 aromatic rings. The number of carbonyl (C=O) groups excluding carboxylic acids is 1. The molecule has 32 heavy (non-hydrogen) atoms.